The van der Waals surface area contributed by atoms with E-state index in [1.165, 1.54) is 0 Å². The Morgan fingerprint density at radius 1 is 1.64 bits per heavy atom. The fraction of sp³-hybridized carbons (Fsp3) is 0.636. The number of aryl methyl sites for hydroxylation is 2. The van der Waals surface area contributed by atoms with E-state index < -0.39 is 0 Å². The predicted molar refractivity (Wildman–Crippen MR) is 55.7 cm³/mol. The van der Waals surface area contributed by atoms with Gasteiger partial charge in [-0.15, -0.1) is 0 Å². The van der Waals surface area contributed by atoms with Gasteiger partial charge in [-0.1, -0.05) is 6.92 Å². The molecule has 0 aliphatic heterocycles. The molecular weight excluding hydrogens is 174 g/mol. The molecule has 1 unspecified atom stereocenters. The van der Waals surface area contributed by atoms with Crippen LogP contribution in [-0.2, 0) is 13.5 Å². The molecule has 1 heterocycles. The van der Waals surface area contributed by atoms with Crippen LogP contribution < -0.4 is 0 Å². The minimum absolute atomic E-state index is 0.264. The summed E-state index contributed by atoms with van der Waals surface area (Å²) in [6.07, 6.45) is 1.64. The van der Waals surface area contributed by atoms with Gasteiger partial charge in [0.1, 0.15) is 0 Å². The highest BCUT2D eigenvalue weighted by Gasteiger charge is 2.23. The van der Waals surface area contributed by atoms with Crippen LogP contribution in [-0.4, -0.2) is 9.78 Å². The number of nitrogens with zero attached hydrogens (tertiary/aromatic N) is 3. The molecule has 3 nitrogen and oxygen atoms in total. The monoisotopic (exact) mass is 191 g/mol. The first-order chi connectivity index (χ1) is 6.50. The van der Waals surface area contributed by atoms with Gasteiger partial charge in [0, 0.05) is 19.2 Å². The summed E-state index contributed by atoms with van der Waals surface area (Å²) in [5, 5.41) is 13.3. The third-order valence-electron chi connectivity index (χ3n) is 2.72. The van der Waals surface area contributed by atoms with Gasteiger partial charge in [-0.3, -0.25) is 4.68 Å². The quantitative estimate of drug-likeness (QED) is 0.735. The number of hydrogen-bond acceptors (Lipinski definition) is 2. The van der Waals surface area contributed by atoms with Crippen molar-refractivity contribution in [2.75, 3.05) is 0 Å². The zero-order valence-corrected chi connectivity index (χ0v) is 9.33. The zero-order valence-electron chi connectivity index (χ0n) is 9.33. The van der Waals surface area contributed by atoms with Crippen LogP contribution in [0.25, 0.3) is 0 Å². The molecule has 1 aromatic rings. The summed E-state index contributed by atoms with van der Waals surface area (Å²) in [5.41, 5.74) is 1.88. The standard InChI is InChI=1S/C11H17N3/c1-5-11(3,8-12)7-10-6-9(2)13-14(10)4/h6H,5,7H2,1-4H3. The van der Waals surface area contributed by atoms with Crippen molar-refractivity contribution >= 4 is 0 Å². The van der Waals surface area contributed by atoms with Crippen LogP contribution in [0.5, 0.6) is 0 Å². The van der Waals surface area contributed by atoms with Gasteiger partial charge in [0.25, 0.3) is 0 Å². The van der Waals surface area contributed by atoms with Gasteiger partial charge < -0.3 is 0 Å². The van der Waals surface area contributed by atoms with Crippen molar-refractivity contribution in [2.24, 2.45) is 12.5 Å². The minimum Gasteiger partial charge on any atom is -0.272 e. The van der Waals surface area contributed by atoms with E-state index in [0.29, 0.717) is 0 Å². The average molecular weight is 191 g/mol. The van der Waals surface area contributed by atoms with Crippen LogP contribution in [0.4, 0.5) is 0 Å². The molecule has 0 spiro atoms. The normalized spacial score (nSPS) is 14.8. The molecule has 1 aromatic heterocycles. The van der Waals surface area contributed by atoms with Gasteiger partial charge in [-0.2, -0.15) is 10.4 Å². The zero-order chi connectivity index (χ0) is 10.8. The highest BCUT2D eigenvalue weighted by atomic mass is 15.3. The van der Waals surface area contributed by atoms with Crippen LogP contribution in [0, 0.1) is 23.7 Å². The maximum absolute atomic E-state index is 9.06. The summed E-state index contributed by atoms with van der Waals surface area (Å²) >= 11 is 0. The lowest BCUT2D eigenvalue weighted by atomic mass is 9.84. The van der Waals surface area contributed by atoms with E-state index in [9.17, 15) is 0 Å². The van der Waals surface area contributed by atoms with E-state index in [2.05, 4.69) is 11.2 Å². The van der Waals surface area contributed by atoms with E-state index in [4.69, 9.17) is 5.26 Å². The van der Waals surface area contributed by atoms with Crippen molar-refractivity contribution in [1.82, 2.24) is 9.78 Å². The molecule has 0 fully saturated rings. The molecule has 0 saturated heterocycles. The highest BCUT2D eigenvalue weighted by Crippen LogP contribution is 2.25. The summed E-state index contributed by atoms with van der Waals surface area (Å²) in [4.78, 5) is 0. The van der Waals surface area contributed by atoms with Crippen molar-refractivity contribution in [1.29, 1.82) is 5.26 Å². The summed E-state index contributed by atoms with van der Waals surface area (Å²) in [6, 6.07) is 4.42. The summed E-state index contributed by atoms with van der Waals surface area (Å²) in [7, 11) is 1.93. The largest absolute Gasteiger partial charge is 0.272 e. The van der Waals surface area contributed by atoms with Crippen molar-refractivity contribution in [2.45, 2.75) is 33.6 Å². The van der Waals surface area contributed by atoms with Gasteiger partial charge in [-0.25, -0.2) is 0 Å². The van der Waals surface area contributed by atoms with E-state index in [1.807, 2.05) is 38.6 Å². The fourth-order valence-corrected chi connectivity index (χ4v) is 1.47. The molecule has 0 aliphatic rings. The maximum Gasteiger partial charge on any atom is 0.0690 e. The number of aromatic nitrogens is 2. The van der Waals surface area contributed by atoms with Gasteiger partial charge >= 0.3 is 0 Å². The molecule has 0 bridgehead atoms. The van der Waals surface area contributed by atoms with Crippen molar-refractivity contribution in [3.8, 4) is 6.07 Å². The molecule has 0 aromatic carbocycles. The summed E-state index contributed by atoms with van der Waals surface area (Å²) in [6.45, 7) is 6.01. The smallest absolute Gasteiger partial charge is 0.0690 e. The second-order valence-electron chi connectivity index (χ2n) is 4.10. The van der Waals surface area contributed by atoms with Crippen LogP contribution in [0.1, 0.15) is 31.7 Å². The third-order valence-corrected chi connectivity index (χ3v) is 2.72. The van der Waals surface area contributed by atoms with E-state index in [0.717, 1.165) is 24.2 Å². The van der Waals surface area contributed by atoms with Crippen LogP contribution in [0.15, 0.2) is 6.07 Å². The molecule has 1 atom stereocenters. The topological polar surface area (TPSA) is 41.6 Å². The lowest BCUT2D eigenvalue weighted by Gasteiger charge is -2.18. The SMILES string of the molecule is CCC(C)(C#N)Cc1cc(C)nn1C. The Hall–Kier alpha value is -1.30. The Morgan fingerprint density at radius 2 is 2.29 bits per heavy atom. The van der Waals surface area contributed by atoms with Crippen LogP contribution >= 0.6 is 0 Å². The van der Waals surface area contributed by atoms with Gasteiger partial charge in [0.15, 0.2) is 0 Å². The first-order valence-electron chi connectivity index (χ1n) is 4.91. The summed E-state index contributed by atoms with van der Waals surface area (Å²) in [5.74, 6) is 0. The maximum atomic E-state index is 9.06. The number of hydrogen-bond donors (Lipinski definition) is 0. The molecule has 0 aliphatic carbocycles. The van der Waals surface area contributed by atoms with Gasteiger partial charge in [0.05, 0.1) is 17.2 Å². The lowest BCUT2D eigenvalue weighted by molar-refractivity contribution is 0.409. The molecule has 76 valence electrons. The molecule has 0 radical (unpaired) electrons. The number of nitriles is 1. The van der Waals surface area contributed by atoms with Crippen LogP contribution in [0.2, 0.25) is 0 Å². The Kier molecular flexibility index (Phi) is 2.95. The second kappa shape index (κ2) is 3.83. The Balaban J connectivity index is 2.89. The Morgan fingerprint density at radius 3 is 2.64 bits per heavy atom. The minimum atomic E-state index is -0.264. The molecular formula is C11H17N3. The molecule has 0 amide bonds. The molecule has 1 rings (SSSR count). The van der Waals surface area contributed by atoms with E-state index in [-0.39, 0.29) is 5.41 Å². The Labute approximate surface area is 85.4 Å². The second-order valence-corrected chi connectivity index (χ2v) is 4.10. The van der Waals surface area contributed by atoms with E-state index >= 15 is 0 Å². The molecule has 3 heteroatoms. The third kappa shape index (κ3) is 2.14. The first-order valence-corrected chi connectivity index (χ1v) is 4.91. The van der Waals surface area contributed by atoms with E-state index in [1.54, 1.807) is 0 Å². The van der Waals surface area contributed by atoms with Crippen molar-refractivity contribution in [3.63, 3.8) is 0 Å². The van der Waals surface area contributed by atoms with Crippen LogP contribution in [0.3, 0.4) is 0 Å². The molecule has 0 saturated carbocycles. The Bertz CT molecular complexity index is 359. The number of rotatable bonds is 3. The molecule has 14 heavy (non-hydrogen) atoms. The summed E-state index contributed by atoms with van der Waals surface area (Å²) < 4.78 is 1.86. The predicted octanol–water partition coefficient (Wildman–Crippen LogP) is 2.21. The first kappa shape index (κ1) is 10.8. The fourth-order valence-electron chi connectivity index (χ4n) is 1.47. The van der Waals surface area contributed by atoms with Gasteiger partial charge in [0.2, 0.25) is 0 Å². The molecule has 0 N–H and O–H groups in total. The average Bonchev–Trinajstić information content (AvgIpc) is 2.45. The van der Waals surface area contributed by atoms with Gasteiger partial charge in [-0.05, 0) is 26.3 Å². The van der Waals surface area contributed by atoms with Crippen molar-refractivity contribution < 1.29 is 0 Å². The van der Waals surface area contributed by atoms with Crippen molar-refractivity contribution in [3.05, 3.63) is 17.5 Å². The lowest BCUT2D eigenvalue weighted by Crippen LogP contribution is -2.17. The highest BCUT2D eigenvalue weighted by molar-refractivity contribution is 5.13.